The third-order valence-electron chi connectivity index (χ3n) is 4.78. The molecule has 0 spiro atoms. The standard InChI is InChI=1S/C26H30O2/c1-19-9-13-23(14-10-19)25(27)17-21(3)7-5-6-8-22(4)18-26(28)24-15-11-20(2)12-16-24/h7-16H,5-6,17-18H2,1-4H3/b21-7+,22-8+. The monoisotopic (exact) mass is 374 g/mol. The van der Waals surface area contributed by atoms with Crippen molar-refractivity contribution >= 4 is 11.6 Å². The maximum Gasteiger partial charge on any atom is 0.166 e. The highest BCUT2D eigenvalue weighted by Crippen LogP contribution is 2.14. The van der Waals surface area contributed by atoms with Crippen LogP contribution in [0.3, 0.4) is 0 Å². The van der Waals surface area contributed by atoms with Crippen LogP contribution in [0.15, 0.2) is 71.8 Å². The van der Waals surface area contributed by atoms with Crippen LogP contribution in [0, 0.1) is 13.8 Å². The fourth-order valence-electron chi connectivity index (χ4n) is 2.99. The number of carbonyl (C=O) groups is 2. The molecule has 0 N–H and O–H groups in total. The van der Waals surface area contributed by atoms with Gasteiger partial charge in [-0.25, -0.2) is 0 Å². The Hall–Kier alpha value is -2.74. The van der Waals surface area contributed by atoms with Crippen molar-refractivity contribution in [3.05, 3.63) is 94.1 Å². The van der Waals surface area contributed by atoms with E-state index >= 15 is 0 Å². The molecule has 0 aromatic heterocycles. The van der Waals surface area contributed by atoms with Crippen LogP contribution >= 0.6 is 0 Å². The van der Waals surface area contributed by atoms with Crippen molar-refractivity contribution in [2.24, 2.45) is 0 Å². The van der Waals surface area contributed by atoms with E-state index in [2.05, 4.69) is 12.2 Å². The molecule has 0 amide bonds. The Kier molecular flexibility index (Phi) is 8.13. The molecule has 2 aromatic carbocycles. The summed E-state index contributed by atoms with van der Waals surface area (Å²) in [6.45, 7) is 8.04. The van der Waals surface area contributed by atoms with Crippen molar-refractivity contribution in [3.63, 3.8) is 0 Å². The average Bonchev–Trinajstić information content (AvgIpc) is 2.66. The third kappa shape index (κ3) is 7.11. The summed E-state index contributed by atoms with van der Waals surface area (Å²) in [6.07, 6.45) is 6.91. The van der Waals surface area contributed by atoms with E-state index in [-0.39, 0.29) is 11.6 Å². The molecule has 0 radical (unpaired) electrons. The Bertz CT molecular complexity index is 790. The van der Waals surface area contributed by atoms with Crippen molar-refractivity contribution in [1.82, 2.24) is 0 Å². The fraction of sp³-hybridized carbons (Fsp3) is 0.308. The Balaban J connectivity index is 1.79. The summed E-state index contributed by atoms with van der Waals surface area (Å²) < 4.78 is 0. The molecule has 0 saturated carbocycles. The lowest BCUT2D eigenvalue weighted by Gasteiger charge is -2.04. The predicted molar refractivity (Wildman–Crippen MR) is 117 cm³/mol. The molecule has 0 aliphatic carbocycles. The molecule has 0 heterocycles. The van der Waals surface area contributed by atoms with E-state index in [0.717, 1.165) is 46.2 Å². The Morgan fingerprint density at radius 3 is 1.29 bits per heavy atom. The summed E-state index contributed by atoms with van der Waals surface area (Å²) in [5.41, 5.74) is 6.03. The summed E-state index contributed by atoms with van der Waals surface area (Å²) in [7, 11) is 0. The minimum atomic E-state index is 0.157. The second-order valence-electron chi connectivity index (χ2n) is 7.61. The number of aryl methyl sites for hydroxylation is 2. The van der Waals surface area contributed by atoms with Gasteiger partial charge >= 0.3 is 0 Å². The van der Waals surface area contributed by atoms with E-state index in [9.17, 15) is 9.59 Å². The summed E-state index contributed by atoms with van der Waals surface area (Å²) in [6, 6.07) is 15.4. The van der Waals surface area contributed by atoms with E-state index < -0.39 is 0 Å². The number of rotatable bonds is 9. The zero-order valence-electron chi connectivity index (χ0n) is 17.4. The molecule has 2 aromatic rings. The van der Waals surface area contributed by atoms with Crippen LogP contribution in [0.2, 0.25) is 0 Å². The fourth-order valence-corrected chi connectivity index (χ4v) is 2.99. The first-order valence-corrected chi connectivity index (χ1v) is 9.86. The zero-order valence-corrected chi connectivity index (χ0v) is 17.4. The van der Waals surface area contributed by atoms with Gasteiger partial charge in [0.25, 0.3) is 0 Å². The quantitative estimate of drug-likeness (QED) is 0.274. The molecule has 2 heteroatoms. The molecule has 0 saturated heterocycles. The van der Waals surface area contributed by atoms with Crippen molar-refractivity contribution in [2.45, 2.75) is 53.4 Å². The SMILES string of the molecule is C/C(=C\CC/C=C(\C)CC(=O)c1ccc(C)cc1)CC(=O)c1ccc(C)cc1. The van der Waals surface area contributed by atoms with Crippen molar-refractivity contribution in [3.8, 4) is 0 Å². The van der Waals surface area contributed by atoms with Gasteiger partial charge in [-0.05, 0) is 40.5 Å². The van der Waals surface area contributed by atoms with Crippen molar-refractivity contribution in [1.29, 1.82) is 0 Å². The molecule has 0 atom stereocenters. The maximum atomic E-state index is 12.3. The molecule has 0 unspecified atom stereocenters. The molecule has 0 bridgehead atoms. The maximum absolute atomic E-state index is 12.3. The highest BCUT2D eigenvalue weighted by atomic mass is 16.1. The van der Waals surface area contributed by atoms with Gasteiger partial charge in [-0.2, -0.15) is 0 Å². The lowest BCUT2D eigenvalue weighted by molar-refractivity contribution is 0.0984. The largest absolute Gasteiger partial charge is 0.294 e. The zero-order chi connectivity index (χ0) is 20.5. The molecular weight excluding hydrogens is 344 g/mol. The first-order chi connectivity index (χ1) is 13.3. The minimum Gasteiger partial charge on any atom is -0.294 e. The van der Waals surface area contributed by atoms with Gasteiger partial charge in [-0.15, -0.1) is 0 Å². The lowest BCUT2D eigenvalue weighted by Crippen LogP contribution is -2.00. The second kappa shape index (κ2) is 10.6. The van der Waals surface area contributed by atoms with E-state index in [1.54, 1.807) is 0 Å². The number of carbonyl (C=O) groups excluding carboxylic acids is 2. The Labute approximate surface area is 169 Å². The van der Waals surface area contributed by atoms with Crippen LogP contribution in [0.5, 0.6) is 0 Å². The first kappa shape index (κ1) is 21.6. The van der Waals surface area contributed by atoms with E-state index in [4.69, 9.17) is 0 Å². The molecule has 0 fully saturated rings. The van der Waals surface area contributed by atoms with Gasteiger partial charge in [0.2, 0.25) is 0 Å². The number of unbranched alkanes of at least 4 members (excludes halogenated alkanes) is 1. The van der Waals surface area contributed by atoms with Gasteiger partial charge in [-0.3, -0.25) is 9.59 Å². The molecule has 28 heavy (non-hydrogen) atoms. The second-order valence-corrected chi connectivity index (χ2v) is 7.61. The highest BCUT2D eigenvalue weighted by molar-refractivity contribution is 5.98. The Morgan fingerprint density at radius 2 is 0.964 bits per heavy atom. The van der Waals surface area contributed by atoms with Gasteiger partial charge in [-0.1, -0.05) is 83.0 Å². The summed E-state index contributed by atoms with van der Waals surface area (Å²) >= 11 is 0. The van der Waals surface area contributed by atoms with Crippen LogP contribution < -0.4 is 0 Å². The van der Waals surface area contributed by atoms with Gasteiger partial charge in [0.1, 0.15) is 0 Å². The van der Waals surface area contributed by atoms with E-state index in [0.29, 0.717) is 12.8 Å². The normalized spacial score (nSPS) is 12.1. The van der Waals surface area contributed by atoms with E-state index in [1.807, 2.05) is 76.2 Å². The van der Waals surface area contributed by atoms with Gasteiger partial charge in [0.05, 0.1) is 0 Å². The lowest BCUT2D eigenvalue weighted by atomic mass is 10.0. The van der Waals surface area contributed by atoms with Crippen LogP contribution in [0.25, 0.3) is 0 Å². The smallest absolute Gasteiger partial charge is 0.166 e. The molecule has 0 aliphatic rings. The summed E-state index contributed by atoms with van der Waals surface area (Å²) in [4.78, 5) is 24.6. The molecular formula is C26H30O2. The van der Waals surface area contributed by atoms with Crippen LogP contribution in [0.4, 0.5) is 0 Å². The average molecular weight is 375 g/mol. The third-order valence-corrected chi connectivity index (χ3v) is 4.78. The number of ketones is 2. The molecule has 2 rings (SSSR count). The van der Waals surface area contributed by atoms with E-state index in [1.165, 1.54) is 0 Å². The van der Waals surface area contributed by atoms with Gasteiger partial charge in [0.15, 0.2) is 11.6 Å². The van der Waals surface area contributed by atoms with Gasteiger partial charge < -0.3 is 0 Å². The van der Waals surface area contributed by atoms with Crippen molar-refractivity contribution < 1.29 is 9.59 Å². The first-order valence-electron chi connectivity index (χ1n) is 9.86. The number of benzene rings is 2. The van der Waals surface area contributed by atoms with Crippen LogP contribution in [-0.2, 0) is 0 Å². The number of hydrogen-bond acceptors (Lipinski definition) is 2. The molecule has 0 aliphatic heterocycles. The highest BCUT2D eigenvalue weighted by Gasteiger charge is 2.07. The molecule has 146 valence electrons. The summed E-state index contributed by atoms with van der Waals surface area (Å²) in [5.74, 6) is 0.313. The van der Waals surface area contributed by atoms with Gasteiger partial charge in [0, 0.05) is 24.0 Å². The topological polar surface area (TPSA) is 34.1 Å². The summed E-state index contributed by atoms with van der Waals surface area (Å²) in [5, 5.41) is 0. The predicted octanol–water partition coefficient (Wildman–Crippen LogP) is 6.82. The van der Waals surface area contributed by atoms with Crippen LogP contribution in [-0.4, -0.2) is 11.6 Å². The number of allylic oxidation sites excluding steroid dienone is 4. The molecule has 2 nitrogen and oxygen atoms in total. The number of Topliss-reactive ketones (excluding diaryl/α,β-unsaturated/α-hetero) is 2. The van der Waals surface area contributed by atoms with Crippen molar-refractivity contribution in [2.75, 3.05) is 0 Å². The number of hydrogen-bond donors (Lipinski definition) is 0. The Morgan fingerprint density at radius 1 is 0.643 bits per heavy atom. The minimum absolute atomic E-state index is 0.157. The van der Waals surface area contributed by atoms with Crippen LogP contribution in [0.1, 0.15) is 71.4 Å².